The Balaban J connectivity index is 1.79. The molecule has 3 aromatic rings. The zero-order valence-corrected chi connectivity index (χ0v) is 14.8. The summed E-state index contributed by atoms with van der Waals surface area (Å²) in [6, 6.07) is 18.3. The molecule has 5 nitrogen and oxygen atoms in total. The Morgan fingerprint density at radius 3 is 2.37 bits per heavy atom. The van der Waals surface area contributed by atoms with Gasteiger partial charge < -0.3 is 14.8 Å². The molecule has 1 aromatic heterocycles. The number of aryl methyl sites for hydroxylation is 1. The van der Waals surface area contributed by atoms with E-state index in [1.54, 1.807) is 0 Å². The topological polar surface area (TPSA) is 79.5 Å². The number of benzene rings is 2. The van der Waals surface area contributed by atoms with Crippen LogP contribution in [0, 0.1) is 11.8 Å². The van der Waals surface area contributed by atoms with E-state index in [0.717, 1.165) is 16.8 Å². The minimum absolute atomic E-state index is 0.397. The maximum atomic E-state index is 11.5. The lowest BCUT2D eigenvalue weighted by molar-refractivity contribution is -0.157. The Labute approximate surface area is 156 Å². The lowest BCUT2D eigenvalue weighted by Crippen LogP contribution is -2.35. The fraction of sp³-hybridized carbons (Fsp3) is 0.273. The quantitative estimate of drug-likeness (QED) is 0.679. The number of carboxylic acids is 2. The summed E-state index contributed by atoms with van der Waals surface area (Å²) >= 11 is 0. The maximum Gasteiger partial charge on any atom is 0.318 e. The number of rotatable bonds is 5. The molecule has 1 aliphatic carbocycles. The van der Waals surface area contributed by atoms with Crippen LogP contribution < -0.4 is 0 Å². The largest absolute Gasteiger partial charge is 0.481 e. The first kappa shape index (κ1) is 17.3. The summed E-state index contributed by atoms with van der Waals surface area (Å²) in [6.45, 7) is 0.689. The van der Waals surface area contributed by atoms with E-state index in [4.69, 9.17) is 0 Å². The highest BCUT2D eigenvalue weighted by atomic mass is 16.4. The molecule has 1 unspecified atom stereocenters. The van der Waals surface area contributed by atoms with Gasteiger partial charge in [-0.25, -0.2) is 0 Å². The van der Waals surface area contributed by atoms with Crippen LogP contribution in [0.15, 0.2) is 54.6 Å². The molecule has 1 aliphatic rings. The van der Waals surface area contributed by atoms with E-state index in [9.17, 15) is 19.8 Å². The van der Waals surface area contributed by atoms with Gasteiger partial charge >= 0.3 is 11.9 Å². The van der Waals surface area contributed by atoms with Crippen molar-refractivity contribution in [2.75, 3.05) is 0 Å². The molecule has 0 aliphatic heterocycles. The molecule has 138 valence electrons. The van der Waals surface area contributed by atoms with Crippen molar-refractivity contribution < 1.29 is 19.8 Å². The van der Waals surface area contributed by atoms with Crippen molar-refractivity contribution in [1.29, 1.82) is 0 Å². The average molecular weight is 363 g/mol. The van der Waals surface area contributed by atoms with E-state index in [0.29, 0.717) is 25.8 Å². The summed E-state index contributed by atoms with van der Waals surface area (Å²) in [5.41, 5.74) is 4.58. The zero-order chi connectivity index (χ0) is 19.0. The molecule has 0 spiro atoms. The number of aromatic nitrogens is 1. The van der Waals surface area contributed by atoms with E-state index in [1.807, 2.05) is 30.3 Å². The predicted molar refractivity (Wildman–Crippen MR) is 102 cm³/mol. The van der Waals surface area contributed by atoms with Gasteiger partial charge in [-0.05, 0) is 42.4 Å². The van der Waals surface area contributed by atoms with E-state index in [2.05, 4.69) is 28.8 Å². The summed E-state index contributed by atoms with van der Waals surface area (Å²) < 4.78 is 2.23. The van der Waals surface area contributed by atoms with Crippen LogP contribution in [-0.2, 0) is 29.0 Å². The van der Waals surface area contributed by atoms with Gasteiger partial charge in [0, 0.05) is 23.1 Å². The van der Waals surface area contributed by atoms with Crippen LogP contribution in [0.5, 0.6) is 0 Å². The number of carboxylic acid groups (broad SMARTS) is 2. The number of hydrogen-bond donors (Lipinski definition) is 2. The third kappa shape index (κ3) is 3.10. The van der Waals surface area contributed by atoms with Crippen molar-refractivity contribution in [3.63, 3.8) is 0 Å². The first-order valence-electron chi connectivity index (χ1n) is 9.14. The monoisotopic (exact) mass is 363 g/mol. The summed E-state index contributed by atoms with van der Waals surface area (Å²) in [5.74, 6) is -4.25. The van der Waals surface area contributed by atoms with Gasteiger partial charge in [-0.2, -0.15) is 0 Å². The van der Waals surface area contributed by atoms with E-state index < -0.39 is 23.8 Å². The molecule has 1 heterocycles. The van der Waals surface area contributed by atoms with Crippen molar-refractivity contribution in [2.24, 2.45) is 11.8 Å². The zero-order valence-electron chi connectivity index (χ0n) is 14.8. The lowest BCUT2D eigenvalue weighted by atomic mass is 9.79. The van der Waals surface area contributed by atoms with Crippen molar-refractivity contribution in [3.8, 4) is 0 Å². The molecule has 0 fully saturated rings. The van der Waals surface area contributed by atoms with Gasteiger partial charge in [0.25, 0.3) is 0 Å². The van der Waals surface area contributed by atoms with Gasteiger partial charge in [0.15, 0.2) is 5.92 Å². The summed E-state index contributed by atoms with van der Waals surface area (Å²) in [5, 5.41) is 20.0. The van der Waals surface area contributed by atoms with Crippen LogP contribution in [0.3, 0.4) is 0 Å². The second kappa shape index (κ2) is 6.91. The molecule has 0 saturated carbocycles. The Morgan fingerprint density at radius 1 is 1.00 bits per heavy atom. The van der Waals surface area contributed by atoms with Gasteiger partial charge in [-0.1, -0.05) is 48.5 Å². The van der Waals surface area contributed by atoms with Crippen molar-refractivity contribution in [3.05, 3.63) is 71.4 Å². The Hall–Kier alpha value is -3.08. The molecule has 0 saturated heterocycles. The highest BCUT2D eigenvalue weighted by Gasteiger charge is 2.38. The minimum Gasteiger partial charge on any atom is -0.481 e. The van der Waals surface area contributed by atoms with Crippen molar-refractivity contribution in [1.82, 2.24) is 4.57 Å². The van der Waals surface area contributed by atoms with Crippen LogP contribution >= 0.6 is 0 Å². The molecule has 4 rings (SSSR count). The molecule has 0 bridgehead atoms. The molecule has 1 atom stereocenters. The maximum absolute atomic E-state index is 11.5. The van der Waals surface area contributed by atoms with Crippen molar-refractivity contribution in [2.45, 2.75) is 25.8 Å². The second-order valence-corrected chi connectivity index (χ2v) is 7.17. The predicted octanol–water partition coefficient (Wildman–Crippen LogP) is 3.58. The summed E-state index contributed by atoms with van der Waals surface area (Å²) in [4.78, 5) is 23.0. The molecular formula is C22H21NO4. The minimum atomic E-state index is -1.36. The van der Waals surface area contributed by atoms with Crippen LogP contribution in [0.2, 0.25) is 0 Å². The van der Waals surface area contributed by atoms with Gasteiger partial charge in [-0.15, -0.1) is 0 Å². The number of hydrogen-bond acceptors (Lipinski definition) is 2. The third-order valence-electron chi connectivity index (χ3n) is 5.60. The Morgan fingerprint density at radius 2 is 1.67 bits per heavy atom. The molecule has 2 aromatic carbocycles. The molecular weight excluding hydrogens is 342 g/mol. The Kier molecular flexibility index (Phi) is 4.44. The number of para-hydroxylation sites is 1. The van der Waals surface area contributed by atoms with Gasteiger partial charge in [-0.3, -0.25) is 9.59 Å². The number of fused-ring (bicyclic) bond motifs is 3. The van der Waals surface area contributed by atoms with Crippen LogP contribution in [0.4, 0.5) is 0 Å². The fourth-order valence-corrected chi connectivity index (χ4v) is 4.36. The standard InChI is InChI=1S/C22H21NO4/c24-21(25)20(22(26)27)15-10-11-17-16-8-4-5-9-18(16)23(19(17)12-15)13-14-6-2-1-3-7-14/h1-9,15,20H,10-13H2,(H,24,25)(H,26,27). The first-order valence-corrected chi connectivity index (χ1v) is 9.14. The van der Waals surface area contributed by atoms with Gasteiger partial charge in [0.2, 0.25) is 0 Å². The Bertz CT molecular complexity index is 992. The van der Waals surface area contributed by atoms with E-state index in [-0.39, 0.29) is 0 Å². The first-order chi connectivity index (χ1) is 13.1. The van der Waals surface area contributed by atoms with Gasteiger partial charge in [0.05, 0.1) is 0 Å². The molecule has 0 radical (unpaired) electrons. The smallest absolute Gasteiger partial charge is 0.318 e. The molecule has 2 N–H and O–H groups in total. The van der Waals surface area contributed by atoms with Crippen molar-refractivity contribution >= 4 is 22.8 Å². The normalized spacial score (nSPS) is 16.4. The van der Waals surface area contributed by atoms with Gasteiger partial charge in [0.1, 0.15) is 0 Å². The highest BCUT2D eigenvalue weighted by molar-refractivity contribution is 5.93. The second-order valence-electron chi connectivity index (χ2n) is 7.17. The number of aliphatic carboxylic acids is 2. The molecule has 0 amide bonds. The van der Waals surface area contributed by atoms with Crippen LogP contribution in [0.1, 0.15) is 23.2 Å². The van der Waals surface area contributed by atoms with Crippen LogP contribution in [-0.4, -0.2) is 26.7 Å². The highest BCUT2D eigenvalue weighted by Crippen LogP contribution is 2.37. The third-order valence-corrected chi connectivity index (χ3v) is 5.60. The fourth-order valence-electron chi connectivity index (χ4n) is 4.36. The molecule has 27 heavy (non-hydrogen) atoms. The SMILES string of the molecule is O=C(O)C(C(=O)O)C1CCc2c(n(Cc3ccccc3)c3ccccc23)C1. The lowest BCUT2D eigenvalue weighted by Gasteiger charge is -2.27. The van der Waals surface area contributed by atoms with E-state index in [1.165, 1.54) is 10.9 Å². The number of nitrogens with zero attached hydrogens (tertiary/aromatic N) is 1. The molecule has 5 heteroatoms. The number of carbonyl (C=O) groups is 2. The summed E-state index contributed by atoms with van der Waals surface area (Å²) in [6.07, 6.45) is 1.76. The van der Waals surface area contributed by atoms with Crippen LogP contribution in [0.25, 0.3) is 10.9 Å². The average Bonchev–Trinajstić information content (AvgIpc) is 2.96. The summed E-state index contributed by atoms with van der Waals surface area (Å²) in [7, 11) is 0. The van der Waals surface area contributed by atoms with E-state index >= 15 is 0 Å².